The molecule has 0 radical (unpaired) electrons. The van der Waals surface area contributed by atoms with Gasteiger partial charge in [-0.05, 0) is 19.8 Å². The summed E-state index contributed by atoms with van der Waals surface area (Å²) in [6.45, 7) is 4.54. The molecule has 4 nitrogen and oxygen atoms in total. The number of nitrogens with two attached hydrogens (primary N) is 1. The number of nitrogens with zero attached hydrogens (tertiary/aromatic N) is 1. The molecule has 0 bridgehead atoms. The van der Waals surface area contributed by atoms with Crippen molar-refractivity contribution in [2.75, 3.05) is 26.2 Å². The zero-order valence-corrected chi connectivity index (χ0v) is 10.6. The number of esters is 1. The standard InChI is InChI=1S/C9H18N2O2.2ClH/c1-2-13-9(12)7-11-5-3-8(10)4-6-11;;/h8H,2-7,10H2,1H3;2*1H. The van der Waals surface area contributed by atoms with Gasteiger partial charge in [-0.25, -0.2) is 0 Å². The lowest BCUT2D eigenvalue weighted by Gasteiger charge is -2.28. The fourth-order valence-corrected chi connectivity index (χ4v) is 1.50. The Bertz CT molecular complexity index is 173. The van der Waals surface area contributed by atoms with Gasteiger partial charge in [0.1, 0.15) is 0 Å². The van der Waals surface area contributed by atoms with Gasteiger partial charge < -0.3 is 10.5 Å². The summed E-state index contributed by atoms with van der Waals surface area (Å²) in [5.74, 6) is -0.127. The average Bonchev–Trinajstić information content (AvgIpc) is 2.09. The number of rotatable bonds is 3. The normalized spacial score (nSPS) is 17.5. The minimum Gasteiger partial charge on any atom is -0.465 e. The quantitative estimate of drug-likeness (QED) is 0.762. The van der Waals surface area contributed by atoms with Crippen LogP contribution in [0.3, 0.4) is 0 Å². The SMILES string of the molecule is CCOC(=O)CN1CCC(N)CC1.Cl.Cl. The maximum Gasteiger partial charge on any atom is 0.320 e. The van der Waals surface area contributed by atoms with Crippen LogP contribution in [0.5, 0.6) is 0 Å². The van der Waals surface area contributed by atoms with Gasteiger partial charge in [-0.1, -0.05) is 0 Å². The fraction of sp³-hybridized carbons (Fsp3) is 0.889. The molecule has 0 aliphatic carbocycles. The zero-order valence-electron chi connectivity index (χ0n) is 8.98. The highest BCUT2D eigenvalue weighted by atomic mass is 35.5. The molecule has 92 valence electrons. The topological polar surface area (TPSA) is 55.6 Å². The van der Waals surface area contributed by atoms with E-state index in [2.05, 4.69) is 4.90 Å². The molecule has 6 heteroatoms. The molecule has 2 N–H and O–H groups in total. The molecular formula is C9H20Cl2N2O2. The van der Waals surface area contributed by atoms with Crippen LogP contribution >= 0.6 is 24.8 Å². The third-order valence-electron chi connectivity index (χ3n) is 2.29. The molecule has 1 aliphatic heterocycles. The van der Waals surface area contributed by atoms with E-state index in [0.29, 0.717) is 19.2 Å². The molecular weight excluding hydrogens is 239 g/mol. The van der Waals surface area contributed by atoms with Crippen molar-refractivity contribution in [2.24, 2.45) is 5.73 Å². The Morgan fingerprint density at radius 2 is 1.93 bits per heavy atom. The Labute approximate surface area is 103 Å². The van der Waals surface area contributed by atoms with Crippen molar-refractivity contribution in [3.8, 4) is 0 Å². The van der Waals surface area contributed by atoms with Crippen molar-refractivity contribution in [1.29, 1.82) is 0 Å². The molecule has 0 spiro atoms. The van der Waals surface area contributed by atoms with Crippen LogP contribution in [0.2, 0.25) is 0 Å². The summed E-state index contributed by atoms with van der Waals surface area (Å²) >= 11 is 0. The molecule has 1 aliphatic rings. The number of hydrogen-bond acceptors (Lipinski definition) is 4. The minimum atomic E-state index is -0.127. The summed E-state index contributed by atoms with van der Waals surface area (Å²) in [7, 11) is 0. The maximum atomic E-state index is 11.1. The predicted molar refractivity (Wildman–Crippen MR) is 64.8 cm³/mol. The van der Waals surface area contributed by atoms with E-state index < -0.39 is 0 Å². The first-order valence-corrected chi connectivity index (χ1v) is 4.86. The first kappa shape index (κ1) is 17.4. The molecule has 1 heterocycles. The molecule has 0 unspecified atom stereocenters. The van der Waals surface area contributed by atoms with Crippen LogP contribution in [0.15, 0.2) is 0 Å². The zero-order chi connectivity index (χ0) is 9.68. The van der Waals surface area contributed by atoms with Crippen molar-refractivity contribution in [2.45, 2.75) is 25.8 Å². The van der Waals surface area contributed by atoms with Gasteiger partial charge in [-0.15, -0.1) is 24.8 Å². The second kappa shape index (κ2) is 9.21. The monoisotopic (exact) mass is 258 g/mol. The van der Waals surface area contributed by atoms with Crippen LogP contribution in [0, 0.1) is 0 Å². The lowest BCUT2D eigenvalue weighted by molar-refractivity contribution is -0.144. The Hall–Kier alpha value is -0.0300. The molecule has 0 atom stereocenters. The second-order valence-electron chi connectivity index (χ2n) is 3.42. The van der Waals surface area contributed by atoms with Gasteiger partial charge in [0.2, 0.25) is 0 Å². The molecule has 1 fully saturated rings. The predicted octanol–water partition coefficient (Wildman–Crippen LogP) is 0.816. The van der Waals surface area contributed by atoms with E-state index in [1.54, 1.807) is 0 Å². The number of likely N-dealkylation sites (tertiary alicyclic amines) is 1. The Morgan fingerprint density at radius 1 is 1.40 bits per heavy atom. The molecule has 0 amide bonds. The average molecular weight is 259 g/mol. The highest BCUT2D eigenvalue weighted by Gasteiger charge is 2.18. The number of carbonyl (C=O) groups is 1. The first-order chi connectivity index (χ1) is 6.22. The van der Waals surface area contributed by atoms with Crippen molar-refractivity contribution < 1.29 is 9.53 Å². The molecule has 0 aromatic heterocycles. The highest BCUT2D eigenvalue weighted by molar-refractivity contribution is 5.85. The lowest BCUT2D eigenvalue weighted by Crippen LogP contribution is -2.42. The molecule has 0 aromatic rings. The van der Waals surface area contributed by atoms with Crippen molar-refractivity contribution >= 4 is 30.8 Å². The van der Waals surface area contributed by atoms with Crippen LogP contribution in [0.25, 0.3) is 0 Å². The third-order valence-corrected chi connectivity index (χ3v) is 2.29. The second-order valence-corrected chi connectivity index (χ2v) is 3.42. The summed E-state index contributed by atoms with van der Waals surface area (Å²) in [6.07, 6.45) is 1.97. The summed E-state index contributed by atoms with van der Waals surface area (Å²) in [6, 6.07) is 0.318. The number of hydrogen-bond donors (Lipinski definition) is 1. The van der Waals surface area contributed by atoms with Crippen LogP contribution in [-0.4, -0.2) is 43.2 Å². The van der Waals surface area contributed by atoms with Gasteiger partial charge in [-0.2, -0.15) is 0 Å². The number of ether oxygens (including phenoxy) is 1. The van der Waals surface area contributed by atoms with Gasteiger partial charge >= 0.3 is 5.97 Å². The first-order valence-electron chi connectivity index (χ1n) is 4.86. The van der Waals surface area contributed by atoms with Crippen LogP contribution in [0.1, 0.15) is 19.8 Å². The molecule has 0 saturated carbocycles. The van der Waals surface area contributed by atoms with E-state index in [9.17, 15) is 4.79 Å². The molecule has 0 aromatic carbocycles. The summed E-state index contributed by atoms with van der Waals surface area (Å²) in [5.41, 5.74) is 5.74. The summed E-state index contributed by atoms with van der Waals surface area (Å²) < 4.78 is 4.86. The van der Waals surface area contributed by atoms with E-state index in [4.69, 9.17) is 10.5 Å². The number of piperidine rings is 1. The van der Waals surface area contributed by atoms with Crippen LogP contribution in [-0.2, 0) is 9.53 Å². The molecule has 15 heavy (non-hydrogen) atoms. The van der Waals surface area contributed by atoms with Crippen LogP contribution in [0.4, 0.5) is 0 Å². The van der Waals surface area contributed by atoms with Gasteiger partial charge in [0.25, 0.3) is 0 Å². The van der Waals surface area contributed by atoms with Crippen molar-refractivity contribution in [1.82, 2.24) is 4.90 Å². The third kappa shape index (κ3) is 6.95. The molecule has 1 saturated heterocycles. The lowest BCUT2D eigenvalue weighted by atomic mass is 10.1. The van der Waals surface area contributed by atoms with Crippen molar-refractivity contribution in [3.63, 3.8) is 0 Å². The van der Waals surface area contributed by atoms with Gasteiger partial charge in [-0.3, -0.25) is 9.69 Å². The summed E-state index contributed by atoms with van der Waals surface area (Å²) in [4.78, 5) is 13.2. The Balaban J connectivity index is 0. The smallest absolute Gasteiger partial charge is 0.320 e. The van der Waals surface area contributed by atoms with Gasteiger partial charge in [0.15, 0.2) is 0 Å². The van der Waals surface area contributed by atoms with Gasteiger partial charge in [0.05, 0.1) is 13.2 Å². The maximum absolute atomic E-state index is 11.1. The Kier molecular flexibility index (Phi) is 10.7. The largest absolute Gasteiger partial charge is 0.465 e. The summed E-state index contributed by atoms with van der Waals surface area (Å²) in [5, 5.41) is 0. The molecule has 1 rings (SSSR count). The number of halogens is 2. The van der Waals surface area contributed by atoms with Crippen LogP contribution < -0.4 is 5.73 Å². The van der Waals surface area contributed by atoms with Crippen molar-refractivity contribution in [3.05, 3.63) is 0 Å². The minimum absolute atomic E-state index is 0. The van der Waals surface area contributed by atoms with E-state index in [1.807, 2.05) is 6.92 Å². The number of carbonyl (C=O) groups excluding carboxylic acids is 1. The van der Waals surface area contributed by atoms with E-state index >= 15 is 0 Å². The highest BCUT2D eigenvalue weighted by Crippen LogP contribution is 2.07. The Morgan fingerprint density at radius 3 is 2.40 bits per heavy atom. The van der Waals surface area contributed by atoms with E-state index in [1.165, 1.54) is 0 Å². The van der Waals surface area contributed by atoms with Gasteiger partial charge in [0, 0.05) is 19.1 Å². The van der Waals surface area contributed by atoms with E-state index in [-0.39, 0.29) is 30.8 Å². The van der Waals surface area contributed by atoms with E-state index in [0.717, 1.165) is 25.9 Å². The fourth-order valence-electron chi connectivity index (χ4n) is 1.50.